The molecule has 0 radical (unpaired) electrons. The van der Waals surface area contributed by atoms with Crippen LogP contribution in [0.4, 0.5) is 0 Å². The Kier molecular flexibility index (Phi) is 5.33. The van der Waals surface area contributed by atoms with Crippen LogP contribution in [0, 0.1) is 11.3 Å². The number of benzene rings is 1. The maximum Gasteiger partial charge on any atom is 0.251 e. The summed E-state index contributed by atoms with van der Waals surface area (Å²) in [5.41, 5.74) is 2.54. The fourth-order valence-electron chi connectivity index (χ4n) is 3.77. The first-order valence-corrected chi connectivity index (χ1v) is 9.43. The van der Waals surface area contributed by atoms with Crippen molar-refractivity contribution in [2.75, 3.05) is 26.2 Å². The second kappa shape index (κ2) is 7.53. The van der Waals surface area contributed by atoms with Gasteiger partial charge in [-0.05, 0) is 43.4 Å². The van der Waals surface area contributed by atoms with Crippen LogP contribution in [-0.4, -0.2) is 46.9 Å². The lowest BCUT2D eigenvalue weighted by atomic mass is 9.90. The number of nitriles is 1. The molecule has 3 rings (SSSR count). The first-order valence-electron chi connectivity index (χ1n) is 9.43. The highest BCUT2D eigenvalue weighted by Gasteiger charge is 2.32. The Morgan fingerprint density at radius 1 is 1.22 bits per heavy atom. The van der Waals surface area contributed by atoms with Gasteiger partial charge in [-0.25, -0.2) is 0 Å². The van der Waals surface area contributed by atoms with Gasteiger partial charge in [0, 0.05) is 42.8 Å². The fourth-order valence-corrected chi connectivity index (χ4v) is 3.77. The Hall–Kier alpha value is -2.65. The minimum absolute atomic E-state index is 0.0235. The molecule has 2 aromatic rings. The van der Waals surface area contributed by atoms with Crippen molar-refractivity contribution in [3.8, 4) is 6.07 Å². The largest absolute Gasteiger partial charge is 0.339 e. The summed E-state index contributed by atoms with van der Waals surface area (Å²) in [5, 5.41) is 9.74. The molecule has 1 fully saturated rings. The number of hydrogen-bond donors (Lipinski definition) is 1. The van der Waals surface area contributed by atoms with Crippen LogP contribution >= 0.6 is 0 Å². The highest BCUT2D eigenvalue weighted by molar-refractivity contribution is 5.80. The number of pyridine rings is 1. The average Bonchev–Trinajstić information content (AvgIpc) is 2.67. The van der Waals surface area contributed by atoms with Crippen molar-refractivity contribution in [2.24, 2.45) is 0 Å². The van der Waals surface area contributed by atoms with Gasteiger partial charge in [-0.1, -0.05) is 19.1 Å². The zero-order chi connectivity index (χ0) is 19.6. The molecule has 6 nitrogen and oxygen atoms in total. The molecule has 6 heteroatoms. The molecule has 1 saturated heterocycles. The standard InChI is InChI=1S/C21H26N4O2/c1-4-15-13-16-5-6-17(14-18(16)23-20(15)27)21(2,3)25-11-9-24(10-12-25)19(26)7-8-22/h5-6,13-14H,4,7,9-12H2,1-3H3,(H,23,27). The highest BCUT2D eigenvalue weighted by atomic mass is 16.2. The predicted molar refractivity (Wildman–Crippen MR) is 105 cm³/mol. The smallest absolute Gasteiger partial charge is 0.251 e. The maximum atomic E-state index is 12.2. The predicted octanol–water partition coefficient (Wildman–Crippen LogP) is 2.38. The summed E-state index contributed by atoms with van der Waals surface area (Å²) in [4.78, 5) is 31.2. The third kappa shape index (κ3) is 3.74. The second-order valence-electron chi connectivity index (χ2n) is 7.54. The summed E-state index contributed by atoms with van der Waals surface area (Å²) in [5.74, 6) is -0.0926. The number of nitrogens with one attached hydrogen (secondary N) is 1. The molecule has 0 saturated carbocycles. The SMILES string of the molecule is CCc1cc2ccc(C(C)(C)N3CCN(C(=O)CC#N)CC3)cc2[nH]c1=O. The third-order valence-electron chi connectivity index (χ3n) is 5.66. The number of carbonyl (C=O) groups is 1. The number of aromatic amines is 1. The molecule has 1 aromatic heterocycles. The molecule has 27 heavy (non-hydrogen) atoms. The number of rotatable bonds is 4. The maximum absolute atomic E-state index is 12.2. The van der Waals surface area contributed by atoms with E-state index in [1.54, 1.807) is 4.90 Å². The van der Waals surface area contributed by atoms with E-state index in [0.717, 1.165) is 35.1 Å². The number of piperazine rings is 1. The molecule has 2 heterocycles. The summed E-state index contributed by atoms with van der Waals surface area (Å²) >= 11 is 0. The monoisotopic (exact) mass is 366 g/mol. The lowest BCUT2D eigenvalue weighted by Gasteiger charge is -2.44. The Balaban J connectivity index is 1.82. The van der Waals surface area contributed by atoms with E-state index in [2.05, 4.69) is 41.9 Å². The van der Waals surface area contributed by atoms with Crippen LogP contribution < -0.4 is 5.56 Å². The van der Waals surface area contributed by atoms with Gasteiger partial charge < -0.3 is 9.88 Å². The van der Waals surface area contributed by atoms with E-state index in [0.29, 0.717) is 19.5 Å². The zero-order valence-electron chi connectivity index (χ0n) is 16.2. The van der Waals surface area contributed by atoms with Crippen molar-refractivity contribution < 1.29 is 4.79 Å². The Morgan fingerprint density at radius 3 is 2.56 bits per heavy atom. The van der Waals surface area contributed by atoms with E-state index < -0.39 is 0 Å². The van der Waals surface area contributed by atoms with Gasteiger partial charge in [-0.15, -0.1) is 0 Å². The second-order valence-corrected chi connectivity index (χ2v) is 7.54. The lowest BCUT2D eigenvalue weighted by molar-refractivity contribution is -0.132. The Bertz CT molecular complexity index is 947. The van der Waals surface area contributed by atoms with Crippen LogP contribution in [-0.2, 0) is 16.8 Å². The number of nitrogens with zero attached hydrogens (tertiary/aromatic N) is 3. The first kappa shape index (κ1) is 19.1. The number of carbonyl (C=O) groups excluding carboxylic acids is 1. The van der Waals surface area contributed by atoms with Crippen LogP contribution in [0.3, 0.4) is 0 Å². The number of aromatic nitrogens is 1. The van der Waals surface area contributed by atoms with Crippen LogP contribution in [0.15, 0.2) is 29.1 Å². The first-order chi connectivity index (χ1) is 12.9. The summed E-state index contributed by atoms with van der Waals surface area (Å²) in [6.45, 7) is 9.09. The van der Waals surface area contributed by atoms with Gasteiger partial charge in [0.25, 0.3) is 5.56 Å². The van der Waals surface area contributed by atoms with Gasteiger partial charge in [0.1, 0.15) is 6.42 Å². The molecule has 0 bridgehead atoms. The highest BCUT2D eigenvalue weighted by Crippen LogP contribution is 2.30. The zero-order valence-corrected chi connectivity index (χ0v) is 16.2. The number of hydrogen-bond acceptors (Lipinski definition) is 4. The van der Waals surface area contributed by atoms with Gasteiger partial charge in [0.15, 0.2) is 0 Å². The third-order valence-corrected chi connectivity index (χ3v) is 5.66. The van der Waals surface area contributed by atoms with Crippen molar-refractivity contribution in [1.82, 2.24) is 14.8 Å². The molecule has 1 aliphatic heterocycles. The number of H-pyrrole nitrogens is 1. The molecular weight excluding hydrogens is 340 g/mol. The summed E-state index contributed by atoms with van der Waals surface area (Å²) in [6, 6.07) is 10.1. The van der Waals surface area contributed by atoms with Crippen molar-refractivity contribution in [2.45, 2.75) is 39.2 Å². The fraction of sp³-hybridized carbons (Fsp3) is 0.476. The molecule has 1 aliphatic rings. The van der Waals surface area contributed by atoms with E-state index in [-0.39, 0.29) is 23.4 Å². The van der Waals surface area contributed by atoms with Gasteiger partial charge in [0.2, 0.25) is 5.91 Å². The molecule has 0 atom stereocenters. The van der Waals surface area contributed by atoms with Crippen LogP contribution in [0.5, 0.6) is 0 Å². The van der Waals surface area contributed by atoms with Crippen molar-refractivity contribution in [3.05, 3.63) is 45.7 Å². The number of fused-ring (bicyclic) bond motifs is 1. The molecule has 0 spiro atoms. The van der Waals surface area contributed by atoms with Crippen molar-refractivity contribution in [1.29, 1.82) is 5.26 Å². The number of amides is 1. The lowest BCUT2D eigenvalue weighted by Crippen LogP contribution is -2.54. The molecule has 0 unspecified atom stereocenters. The normalized spacial score (nSPS) is 15.7. The van der Waals surface area contributed by atoms with Crippen molar-refractivity contribution >= 4 is 16.8 Å². The van der Waals surface area contributed by atoms with E-state index in [1.165, 1.54) is 0 Å². The van der Waals surface area contributed by atoms with E-state index in [1.807, 2.05) is 19.1 Å². The Morgan fingerprint density at radius 2 is 1.93 bits per heavy atom. The topological polar surface area (TPSA) is 80.2 Å². The van der Waals surface area contributed by atoms with Crippen LogP contribution in [0.2, 0.25) is 0 Å². The summed E-state index contributed by atoms with van der Waals surface area (Å²) in [7, 11) is 0. The molecule has 1 aromatic carbocycles. The molecule has 1 N–H and O–H groups in total. The molecule has 0 aliphatic carbocycles. The van der Waals surface area contributed by atoms with Gasteiger partial charge in [0.05, 0.1) is 6.07 Å². The minimum Gasteiger partial charge on any atom is -0.339 e. The quantitative estimate of drug-likeness (QED) is 0.901. The Labute approximate surface area is 159 Å². The van der Waals surface area contributed by atoms with Crippen molar-refractivity contribution in [3.63, 3.8) is 0 Å². The van der Waals surface area contributed by atoms with Gasteiger partial charge in [-0.2, -0.15) is 5.26 Å². The van der Waals surface area contributed by atoms with E-state index >= 15 is 0 Å². The van der Waals surface area contributed by atoms with Gasteiger partial charge in [-0.3, -0.25) is 14.5 Å². The minimum atomic E-state index is -0.223. The van der Waals surface area contributed by atoms with E-state index in [4.69, 9.17) is 5.26 Å². The molecular formula is C21H26N4O2. The average molecular weight is 366 g/mol. The van der Waals surface area contributed by atoms with Crippen LogP contribution in [0.25, 0.3) is 10.9 Å². The molecule has 142 valence electrons. The summed E-state index contributed by atoms with van der Waals surface area (Å²) in [6.07, 6.45) is 0.661. The summed E-state index contributed by atoms with van der Waals surface area (Å²) < 4.78 is 0. The number of aryl methyl sites for hydroxylation is 1. The van der Waals surface area contributed by atoms with E-state index in [9.17, 15) is 9.59 Å². The van der Waals surface area contributed by atoms with Gasteiger partial charge >= 0.3 is 0 Å². The molecule has 1 amide bonds. The van der Waals surface area contributed by atoms with Crippen LogP contribution in [0.1, 0.15) is 38.3 Å².